The van der Waals surface area contributed by atoms with Gasteiger partial charge in [-0.1, -0.05) is 6.07 Å². The van der Waals surface area contributed by atoms with Gasteiger partial charge in [0.15, 0.2) is 9.84 Å². The maximum Gasteiger partial charge on any atom is 0.450 e. The molecule has 0 atom stereocenters. The van der Waals surface area contributed by atoms with Gasteiger partial charge in [-0.15, -0.1) is 0 Å². The highest BCUT2D eigenvalue weighted by atomic mass is 32.2. The Morgan fingerprint density at radius 1 is 1.35 bits per heavy atom. The summed E-state index contributed by atoms with van der Waals surface area (Å²) >= 11 is 0. The number of benzene rings is 1. The van der Waals surface area contributed by atoms with Gasteiger partial charge in [0.05, 0.1) is 16.8 Å². The minimum atomic E-state index is -4.95. The predicted octanol–water partition coefficient (Wildman–Crippen LogP) is 1.64. The molecule has 1 N–H and O–H groups in total. The molecule has 0 aliphatic rings. The van der Waals surface area contributed by atoms with Gasteiger partial charge in [-0.05, 0) is 12.1 Å². The fourth-order valence-corrected chi connectivity index (χ4v) is 2.52. The molecule has 0 aliphatic heterocycles. The molecule has 0 bridgehead atoms. The molecule has 108 valence electrons. The molecule has 0 saturated heterocycles. The van der Waals surface area contributed by atoms with E-state index in [-0.39, 0.29) is 21.8 Å². The van der Waals surface area contributed by atoms with Crippen molar-refractivity contribution >= 4 is 26.7 Å². The topological polar surface area (TPSA) is 79.9 Å². The summed E-state index contributed by atoms with van der Waals surface area (Å²) in [7, 11) is -3.56. The van der Waals surface area contributed by atoms with Crippen LogP contribution in [0.25, 0.3) is 11.0 Å². The number of carbonyl (C=O) groups is 1. The van der Waals surface area contributed by atoms with Gasteiger partial charge in [0.25, 0.3) is 0 Å². The lowest BCUT2D eigenvalue weighted by Crippen LogP contribution is -2.25. The van der Waals surface area contributed by atoms with Gasteiger partial charge in [-0.25, -0.2) is 13.4 Å². The van der Waals surface area contributed by atoms with E-state index in [4.69, 9.17) is 0 Å². The number of nitrogens with zero attached hydrogens (tertiary/aromatic N) is 1. The third-order valence-corrected chi connectivity index (χ3v) is 3.70. The van der Waals surface area contributed by atoms with Crippen molar-refractivity contribution in [2.24, 2.45) is 0 Å². The summed E-state index contributed by atoms with van der Waals surface area (Å²) in [4.78, 5) is 17.1. The number of imidazole rings is 1. The van der Waals surface area contributed by atoms with E-state index in [1.165, 1.54) is 18.2 Å². The van der Waals surface area contributed by atoms with Gasteiger partial charge >= 0.3 is 6.18 Å². The number of carbonyl (C=O) groups excluding carboxylic acids is 1. The van der Waals surface area contributed by atoms with Gasteiger partial charge in [0, 0.05) is 6.26 Å². The lowest BCUT2D eigenvalue weighted by Gasteiger charge is -2.02. The largest absolute Gasteiger partial charge is 0.450 e. The van der Waals surface area contributed by atoms with Gasteiger partial charge in [-0.3, -0.25) is 4.79 Å². The van der Waals surface area contributed by atoms with E-state index < -0.39 is 28.2 Å². The molecule has 20 heavy (non-hydrogen) atoms. The Kier molecular flexibility index (Phi) is 3.32. The number of Topliss-reactive ketones (excluding diaryl/α,β-unsaturated/α-hetero) is 1. The first-order valence-electron chi connectivity index (χ1n) is 5.37. The fraction of sp³-hybridized carbons (Fsp3) is 0.273. The first-order valence-corrected chi connectivity index (χ1v) is 7.26. The van der Waals surface area contributed by atoms with Crippen LogP contribution < -0.4 is 0 Å². The number of alkyl halides is 3. The Hall–Kier alpha value is -1.90. The van der Waals surface area contributed by atoms with Crippen molar-refractivity contribution in [2.45, 2.75) is 17.5 Å². The Morgan fingerprint density at radius 3 is 2.55 bits per heavy atom. The number of hydrogen-bond acceptors (Lipinski definition) is 4. The molecule has 0 saturated carbocycles. The van der Waals surface area contributed by atoms with Crippen molar-refractivity contribution in [3.8, 4) is 0 Å². The molecule has 0 fully saturated rings. The standard InChI is InChI=1S/C11H9F3N2O3S/c1-20(18,19)7-4-2-3-6-10(7)16-9(15-6)5-8(17)11(12,13)14/h2-4H,5H2,1H3,(H,15,16). The number of aromatic amines is 1. The molecule has 1 aromatic carbocycles. The number of aromatic nitrogens is 2. The number of para-hydroxylation sites is 1. The van der Waals surface area contributed by atoms with Crippen LogP contribution in [0.3, 0.4) is 0 Å². The van der Waals surface area contributed by atoms with E-state index >= 15 is 0 Å². The van der Waals surface area contributed by atoms with Crippen LogP contribution >= 0.6 is 0 Å². The Bertz CT molecular complexity index is 778. The third kappa shape index (κ3) is 2.82. The molecule has 5 nitrogen and oxygen atoms in total. The molecular weight excluding hydrogens is 297 g/mol. The van der Waals surface area contributed by atoms with E-state index in [0.29, 0.717) is 0 Å². The van der Waals surface area contributed by atoms with E-state index in [1.54, 1.807) is 0 Å². The second kappa shape index (κ2) is 4.58. The smallest absolute Gasteiger partial charge is 0.342 e. The lowest BCUT2D eigenvalue weighted by atomic mass is 10.3. The number of sulfone groups is 1. The minimum Gasteiger partial charge on any atom is -0.342 e. The van der Waals surface area contributed by atoms with E-state index in [2.05, 4.69) is 9.97 Å². The van der Waals surface area contributed by atoms with Crippen LogP contribution in [-0.4, -0.2) is 36.6 Å². The summed E-state index contributed by atoms with van der Waals surface area (Å²) in [6, 6.07) is 4.21. The molecule has 0 spiro atoms. The van der Waals surface area contributed by atoms with Crippen LogP contribution in [0, 0.1) is 0 Å². The second-order valence-electron chi connectivity index (χ2n) is 4.21. The van der Waals surface area contributed by atoms with Crippen LogP contribution in [0.1, 0.15) is 5.82 Å². The lowest BCUT2D eigenvalue weighted by molar-refractivity contribution is -0.170. The minimum absolute atomic E-state index is 0.0278. The van der Waals surface area contributed by atoms with Crippen molar-refractivity contribution in [2.75, 3.05) is 6.26 Å². The summed E-state index contributed by atoms with van der Waals surface area (Å²) in [5.41, 5.74) is 0.290. The van der Waals surface area contributed by atoms with Crippen molar-refractivity contribution in [1.82, 2.24) is 9.97 Å². The van der Waals surface area contributed by atoms with Crippen molar-refractivity contribution in [3.05, 3.63) is 24.0 Å². The average molecular weight is 306 g/mol. The van der Waals surface area contributed by atoms with E-state index in [1.807, 2.05) is 0 Å². The van der Waals surface area contributed by atoms with Crippen molar-refractivity contribution < 1.29 is 26.4 Å². The van der Waals surface area contributed by atoms with Gasteiger partial charge in [-0.2, -0.15) is 13.2 Å². The normalized spacial score (nSPS) is 12.8. The number of fused-ring (bicyclic) bond motifs is 1. The first-order chi connectivity index (χ1) is 9.09. The van der Waals surface area contributed by atoms with Gasteiger partial charge in [0.1, 0.15) is 11.3 Å². The molecule has 1 heterocycles. The molecule has 0 amide bonds. The number of rotatable bonds is 3. The summed E-state index contributed by atoms with van der Waals surface area (Å²) in [5.74, 6) is -2.17. The summed E-state index contributed by atoms with van der Waals surface area (Å²) in [6.45, 7) is 0. The highest BCUT2D eigenvalue weighted by molar-refractivity contribution is 7.91. The zero-order chi connectivity index (χ0) is 15.1. The van der Waals surface area contributed by atoms with Crippen LogP contribution in [0.4, 0.5) is 13.2 Å². The van der Waals surface area contributed by atoms with Crippen LogP contribution in [0.5, 0.6) is 0 Å². The molecule has 9 heteroatoms. The Morgan fingerprint density at radius 2 is 2.00 bits per heavy atom. The maximum absolute atomic E-state index is 12.2. The molecular formula is C11H9F3N2O3S. The first kappa shape index (κ1) is 14.5. The van der Waals surface area contributed by atoms with Crippen molar-refractivity contribution in [3.63, 3.8) is 0 Å². The molecule has 0 unspecified atom stereocenters. The summed E-state index contributed by atoms with van der Waals surface area (Å²) in [6.07, 6.45) is -4.93. The quantitative estimate of drug-likeness (QED) is 0.935. The molecule has 0 aliphatic carbocycles. The van der Waals surface area contributed by atoms with E-state index in [0.717, 1.165) is 6.26 Å². The Labute approximate surface area is 111 Å². The van der Waals surface area contributed by atoms with Crippen LogP contribution in [0.2, 0.25) is 0 Å². The highest BCUT2D eigenvalue weighted by Crippen LogP contribution is 2.23. The van der Waals surface area contributed by atoms with Crippen molar-refractivity contribution in [1.29, 1.82) is 0 Å². The van der Waals surface area contributed by atoms with Crippen LogP contribution in [0.15, 0.2) is 23.1 Å². The molecule has 0 radical (unpaired) electrons. The summed E-state index contributed by atoms with van der Waals surface area (Å²) in [5, 5.41) is 0. The number of H-pyrrole nitrogens is 1. The predicted molar refractivity (Wildman–Crippen MR) is 64.0 cm³/mol. The zero-order valence-corrected chi connectivity index (χ0v) is 11.0. The highest BCUT2D eigenvalue weighted by Gasteiger charge is 2.38. The van der Waals surface area contributed by atoms with Crippen LogP contribution in [-0.2, 0) is 21.1 Å². The number of ketones is 1. The summed E-state index contributed by atoms with van der Waals surface area (Å²) < 4.78 is 59.6. The monoisotopic (exact) mass is 306 g/mol. The van der Waals surface area contributed by atoms with E-state index in [9.17, 15) is 26.4 Å². The van der Waals surface area contributed by atoms with Gasteiger partial charge in [0.2, 0.25) is 5.78 Å². The van der Waals surface area contributed by atoms with Gasteiger partial charge < -0.3 is 4.98 Å². The molecule has 2 aromatic rings. The average Bonchev–Trinajstić information content (AvgIpc) is 2.67. The molecule has 2 rings (SSSR count). The maximum atomic E-state index is 12.2. The third-order valence-electron chi connectivity index (χ3n) is 2.57. The number of halogens is 3. The number of hydrogen-bond donors (Lipinski definition) is 1. The Balaban J connectivity index is 2.48. The number of nitrogens with one attached hydrogen (secondary N) is 1. The molecule has 1 aromatic heterocycles. The SMILES string of the molecule is CS(=O)(=O)c1cccc2[nH]c(CC(=O)C(F)(F)F)nc12. The fourth-order valence-electron chi connectivity index (χ4n) is 1.69. The zero-order valence-electron chi connectivity index (χ0n) is 10.2. The second-order valence-corrected chi connectivity index (χ2v) is 6.19.